The monoisotopic (exact) mass is 344 g/mol. The van der Waals surface area contributed by atoms with Gasteiger partial charge in [-0.25, -0.2) is 4.39 Å². The molecule has 1 saturated heterocycles. The molecule has 1 fully saturated rings. The van der Waals surface area contributed by atoms with Crippen molar-refractivity contribution in [3.05, 3.63) is 54.3 Å². The number of ether oxygens (including phenoxy) is 2. The standard InChI is InChI=1S/C20H25FN2O2/c1-2-24-20-6-4-3-5-19(20)23-13-11-22(12-14-23)15-16-25-18-9-7-17(21)8-10-18/h3-10H,2,11-16H2,1H3. The number of hydrogen-bond donors (Lipinski definition) is 0. The molecule has 0 amide bonds. The summed E-state index contributed by atoms with van der Waals surface area (Å²) in [6, 6.07) is 14.4. The van der Waals surface area contributed by atoms with E-state index in [1.54, 1.807) is 12.1 Å². The van der Waals surface area contributed by atoms with E-state index in [4.69, 9.17) is 9.47 Å². The normalized spacial score (nSPS) is 15.2. The predicted octanol–water partition coefficient (Wildman–Crippen LogP) is 3.43. The summed E-state index contributed by atoms with van der Waals surface area (Å²) < 4.78 is 24.3. The van der Waals surface area contributed by atoms with Gasteiger partial charge in [0.25, 0.3) is 0 Å². The molecule has 2 aromatic carbocycles. The zero-order valence-electron chi connectivity index (χ0n) is 14.7. The van der Waals surface area contributed by atoms with E-state index in [2.05, 4.69) is 21.9 Å². The van der Waals surface area contributed by atoms with Crippen LogP contribution in [-0.4, -0.2) is 50.8 Å². The molecule has 0 atom stereocenters. The van der Waals surface area contributed by atoms with Crippen LogP contribution in [0.25, 0.3) is 0 Å². The molecule has 4 nitrogen and oxygen atoms in total. The van der Waals surface area contributed by atoms with Gasteiger partial charge in [0.1, 0.15) is 23.9 Å². The van der Waals surface area contributed by atoms with Gasteiger partial charge in [0.05, 0.1) is 12.3 Å². The Hall–Kier alpha value is -2.27. The average Bonchev–Trinajstić information content (AvgIpc) is 2.65. The van der Waals surface area contributed by atoms with Gasteiger partial charge in [-0.1, -0.05) is 12.1 Å². The highest BCUT2D eigenvalue weighted by Gasteiger charge is 2.19. The molecule has 0 saturated carbocycles. The van der Waals surface area contributed by atoms with Crippen LogP contribution in [0.5, 0.6) is 11.5 Å². The van der Waals surface area contributed by atoms with Crippen molar-refractivity contribution in [1.29, 1.82) is 0 Å². The summed E-state index contributed by atoms with van der Waals surface area (Å²) in [7, 11) is 0. The number of anilines is 1. The van der Waals surface area contributed by atoms with E-state index >= 15 is 0 Å². The molecule has 0 radical (unpaired) electrons. The summed E-state index contributed by atoms with van der Waals surface area (Å²) in [4.78, 5) is 4.77. The van der Waals surface area contributed by atoms with Crippen molar-refractivity contribution in [2.45, 2.75) is 6.92 Å². The minimum absolute atomic E-state index is 0.240. The van der Waals surface area contributed by atoms with Crippen LogP contribution in [0.1, 0.15) is 6.92 Å². The van der Waals surface area contributed by atoms with Crippen LogP contribution >= 0.6 is 0 Å². The lowest BCUT2D eigenvalue weighted by molar-refractivity contribution is 0.200. The second-order valence-corrected chi connectivity index (χ2v) is 6.03. The Balaban J connectivity index is 1.45. The minimum Gasteiger partial charge on any atom is -0.492 e. The first-order valence-electron chi connectivity index (χ1n) is 8.84. The molecule has 0 aliphatic carbocycles. The van der Waals surface area contributed by atoms with Gasteiger partial charge in [0, 0.05) is 32.7 Å². The Morgan fingerprint density at radius 3 is 2.36 bits per heavy atom. The molecular formula is C20H25FN2O2. The van der Waals surface area contributed by atoms with Crippen molar-refractivity contribution in [2.75, 3.05) is 50.8 Å². The number of piperazine rings is 1. The van der Waals surface area contributed by atoms with E-state index < -0.39 is 0 Å². The van der Waals surface area contributed by atoms with Gasteiger partial charge in [-0.15, -0.1) is 0 Å². The van der Waals surface area contributed by atoms with Crippen molar-refractivity contribution in [3.8, 4) is 11.5 Å². The first-order chi connectivity index (χ1) is 12.3. The van der Waals surface area contributed by atoms with Crippen LogP contribution < -0.4 is 14.4 Å². The zero-order valence-corrected chi connectivity index (χ0v) is 14.7. The van der Waals surface area contributed by atoms with Crippen molar-refractivity contribution in [2.24, 2.45) is 0 Å². The smallest absolute Gasteiger partial charge is 0.142 e. The fraction of sp³-hybridized carbons (Fsp3) is 0.400. The number of rotatable bonds is 7. The maximum atomic E-state index is 12.9. The Bertz CT molecular complexity index is 655. The van der Waals surface area contributed by atoms with E-state index in [0.717, 1.165) is 38.5 Å². The molecule has 0 bridgehead atoms. The number of benzene rings is 2. The topological polar surface area (TPSA) is 24.9 Å². The number of para-hydroxylation sites is 2. The first kappa shape index (κ1) is 17.5. The van der Waals surface area contributed by atoms with Gasteiger partial charge in [0.15, 0.2) is 0 Å². The Labute approximate surface area is 148 Å². The quantitative estimate of drug-likeness (QED) is 0.768. The molecule has 0 unspecified atom stereocenters. The molecule has 0 aromatic heterocycles. The SMILES string of the molecule is CCOc1ccccc1N1CCN(CCOc2ccc(F)cc2)CC1. The van der Waals surface area contributed by atoms with Gasteiger partial charge in [-0.3, -0.25) is 4.90 Å². The third-order valence-electron chi connectivity index (χ3n) is 4.37. The Morgan fingerprint density at radius 2 is 1.64 bits per heavy atom. The summed E-state index contributed by atoms with van der Waals surface area (Å²) >= 11 is 0. The Morgan fingerprint density at radius 1 is 0.920 bits per heavy atom. The third kappa shape index (κ3) is 4.86. The largest absolute Gasteiger partial charge is 0.492 e. The second-order valence-electron chi connectivity index (χ2n) is 6.03. The van der Waals surface area contributed by atoms with E-state index in [0.29, 0.717) is 19.0 Å². The fourth-order valence-electron chi connectivity index (χ4n) is 3.03. The van der Waals surface area contributed by atoms with Gasteiger partial charge in [-0.2, -0.15) is 0 Å². The van der Waals surface area contributed by atoms with Crippen molar-refractivity contribution >= 4 is 5.69 Å². The van der Waals surface area contributed by atoms with Crippen LogP contribution in [0.15, 0.2) is 48.5 Å². The molecule has 2 aromatic rings. The lowest BCUT2D eigenvalue weighted by Crippen LogP contribution is -2.47. The van der Waals surface area contributed by atoms with Crippen molar-refractivity contribution in [3.63, 3.8) is 0 Å². The zero-order chi connectivity index (χ0) is 17.5. The van der Waals surface area contributed by atoms with E-state index in [1.165, 1.54) is 17.8 Å². The molecule has 0 spiro atoms. The number of halogens is 1. The molecule has 1 heterocycles. The van der Waals surface area contributed by atoms with E-state index in [1.807, 2.05) is 19.1 Å². The van der Waals surface area contributed by atoms with Crippen LogP contribution in [-0.2, 0) is 0 Å². The highest BCUT2D eigenvalue weighted by Crippen LogP contribution is 2.28. The summed E-state index contributed by atoms with van der Waals surface area (Å²) in [6.45, 7) is 8.11. The Kier molecular flexibility index (Phi) is 6.12. The van der Waals surface area contributed by atoms with Gasteiger partial charge in [-0.05, 0) is 43.3 Å². The molecule has 25 heavy (non-hydrogen) atoms. The summed E-state index contributed by atoms with van der Waals surface area (Å²) in [5.41, 5.74) is 1.17. The molecule has 1 aliphatic rings. The first-order valence-corrected chi connectivity index (χ1v) is 8.84. The van der Waals surface area contributed by atoms with E-state index in [-0.39, 0.29) is 5.82 Å². The van der Waals surface area contributed by atoms with E-state index in [9.17, 15) is 4.39 Å². The highest BCUT2D eigenvalue weighted by atomic mass is 19.1. The fourth-order valence-corrected chi connectivity index (χ4v) is 3.03. The van der Waals surface area contributed by atoms with Crippen LogP contribution in [0.3, 0.4) is 0 Å². The third-order valence-corrected chi connectivity index (χ3v) is 4.37. The lowest BCUT2D eigenvalue weighted by atomic mass is 10.2. The highest BCUT2D eigenvalue weighted by molar-refractivity contribution is 5.58. The molecule has 3 rings (SSSR count). The van der Waals surface area contributed by atoms with Gasteiger partial charge >= 0.3 is 0 Å². The molecule has 1 aliphatic heterocycles. The molecule has 0 N–H and O–H groups in total. The van der Waals surface area contributed by atoms with Crippen LogP contribution in [0.4, 0.5) is 10.1 Å². The maximum Gasteiger partial charge on any atom is 0.142 e. The summed E-state index contributed by atoms with van der Waals surface area (Å²) in [5, 5.41) is 0. The molecule has 134 valence electrons. The molecular weight excluding hydrogens is 319 g/mol. The van der Waals surface area contributed by atoms with Gasteiger partial charge in [0.2, 0.25) is 0 Å². The van der Waals surface area contributed by atoms with Crippen molar-refractivity contribution in [1.82, 2.24) is 4.90 Å². The minimum atomic E-state index is -0.240. The molecule has 5 heteroatoms. The predicted molar refractivity (Wildman–Crippen MR) is 98.2 cm³/mol. The van der Waals surface area contributed by atoms with Gasteiger partial charge < -0.3 is 14.4 Å². The number of hydrogen-bond acceptors (Lipinski definition) is 4. The second kappa shape index (κ2) is 8.72. The number of nitrogens with zero attached hydrogens (tertiary/aromatic N) is 2. The summed E-state index contributed by atoms with van der Waals surface area (Å²) in [6.07, 6.45) is 0. The summed E-state index contributed by atoms with van der Waals surface area (Å²) in [5.74, 6) is 1.43. The van der Waals surface area contributed by atoms with Crippen molar-refractivity contribution < 1.29 is 13.9 Å². The average molecular weight is 344 g/mol. The van der Waals surface area contributed by atoms with Crippen LogP contribution in [0.2, 0.25) is 0 Å². The lowest BCUT2D eigenvalue weighted by Gasteiger charge is -2.36. The van der Waals surface area contributed by atoms with Crippen LogP contribution in [0, 0.1) is 5.82 Å². The maximum absolute atomic E-state index is 12.9.